The minimum Gasteiger partial charge on any atom is -0.469 e. The van der Waals surface area contributed by atoms with Crippen molar-refractivity contribution < 1.29 is 28.6 Å². The Morgan fingerprint density at radius 2 is 1.97 bits per heavy atom. The fourth-order valence-corrected chi connectivity index (χ4v) is 8.59. The van der Waals surface area contributed by atoms with Crippen molar-refractivity contribution in [3.8, 4) is 0 Å². The van der Waals surface area contributed by atoms with Gasteiger partial charge in [-0.25, -0.2) is 0 Å². The van der Waals surface area contributed by atoms with Crippen LogP contribution in [0, 0.1) is 28.6 Å². The Balaban J connectivity index is 1.50. The van der Waals surface area contributed by atoms with Gasteiger partial charge in [0.15, 0.2) is 0 Å². The molecule has 6 aliphatic rings. The molecule has 8 atom stereocenters. The predicted octanol–water partition coefficient (Wildman–Crippen LogP) is 3.12. The molecule has 6 nitrogen and oxygen atoms in total. The van der Waals surface area contributed by atoms with E-state index in [2.05, 4.69) is 19.9 Å². The first-order valence-corrected chi connectivity index (χ1v) is 11.4. The Morgan fingerprint density at radius 3 is 2.67 bits per heavy atom. The Morgan fingerprint density at radius 1 is 1.17 bits per heavy atom. The normalized spacial score (nSPS) is 53.2. The number of Topliss-reactive ketones (excluding diaryl/α,β-unsaturated/α-hetero) is 1. The van der Waals surface area contributed by atoms with E-state index in [1.807, 2.05) is 0 Å². The monoisotopic (exact) mass is 414 g/mol. The number of ether oxygens (including phenoxy) is 3. The molecule has 2 aliphatic heterocycles. The van der Waals surface area contributed by atoms with Crippen molar-refractivity contribution in [2.24, 2.45) is 28.6 Å². The molecule has 0 N–H and O–H groups in total. The van der Waals surface area contributed by atoms with E-state index < -0.39 is 17.1 Å². The fraction of sp³-hybridized carbons (Fsp3) is 0.792. The lowest BCUT2D eigenvalue weighted by molar-refractivity contribution is -0.169. The van der Waals surface area contributed by atoms with Crippen LogP contribution in [0.4, 0.5) is 0 Å². The SMILES string of the molecule is COC(=O)[C@@H]1C=C2CC(=O)CCC2(C)C23O[C@@H]2CC2(C)C(CC[C@@]24CCC(=O)O4)C13. The first-order chi connectivity index (χ1) is 14.2. The average molecular weight is 414 g/mol. The Kier molecular flexibility index (Phi) is 3.53. The van der Waals surface area contributed by atoms with E-state index in [1.54, 1.807) is 0 Å². The van der Waals surface area contributed by atoms with Gasteiger partial charge in [0, 0.05) is 36.0 Å². The van der Waals surface area contributed by atoms with Gasteiger partial charge < -0.3 is 14.2 Å². The van der Waals surface area contributed by atoms with Gasteiger partial charge in [0.2, 0.25) is 0 Å². The summed E-state index contributed by atoms with van der Waals surface area (Å²) in [5, 5.41) is 0. The van der Waals surface area contributed by atoms with Crippen molar-refractivity contribution in [1.82, 2.24) is 0 Å². The van der Waals surface area contributed by atoms with E-state index in [-0.39, 0.29) is 46.5 Å². The second kappa shape index (κ2) is 5.56. The summed E-state index contributed by atoms with van der Waals surface area (Å²) in [6.45, 7) is 4.50. The molecular weight excluding hydrogens is 384 g/mol. The van der Waals surface area contributed by atoms with Gasteiger partial charge in [0.1, 0.15) is 17.0 Å². The topological polar surface area (TPSA) is 82.2 Å². The smallest absolute Gasteiger partial charge is 0.312 e. The standard InChI is InChI=1S/C24H30O6/c1-21-7-4-14(25)10-13(21)11-15(20(27)28-3)19-16-5-8-23(9-6-18(26)30-23)22(16,2)12-17-24(19,21)29-17/h11,15-17,19H,4-10,12H2,1-3H3/t15-,16?,17-,19?,21?,22?,23-,24?/m1/s1. The van der Waals surface area contributed by atoms with Gasteiger partial charge in [-0.3, -0.25) is 14.4 Å². The molecule has 0 aromatic heterocycles. The lowest BCUT2D eigenvalue weighted by Crippen LogP contribution is -2.62. The molecule has 2 spiro atoms. The molecule has 5 fully saturated rings. The maximum absolute atomic E-state index is 13.0. The van der Waals surface area contributed by atoms with Crippen molar-refractivity contribution in [2.45, 2.75) is 82.5 Å². The number of fused-ring (bicyclic) bond motifs is 4. The molecule has 6 heteroatoms. The summed E-state index contributed by atoms with van der Waals surface area (Å²) in [7, 11) is 1.44. The minimum absolute atomic E-state index is 0.00525. The number of epoxide rings is 1. The molecular formula is C24H30O6. The summed E-state index contributed by atoms with van der Waals surface area (Å²) < 4.78 is 17.9. The highest BCUT2D eigenvalue weighted by Gasteiger charge is 2.83. The van der Waals surface area contributed by atoms with Crippen molar-refractivity contribution in [2.75, 3.05) is 7.11 Å². The van der Waals surface area contributed by atoms with Crippen LogP contribution in [-0.2, 0) is 28.6 Å². The van der Waals surface area contributed by atoms with Crippen LogP contribution < -0.4 is 0 Å². The molecule has 0 bridgehead atoms. The lowest BCUT2D eigenvalue weighted by atomic mass is 9.44. The number of esters is 2. The van der Waals surface area contributed by atoms with Crippen LogP contribution in [0.25, 0.3) is 0 Å². The number of carbonyl (C=O) groups excluding carboxylic acids is 3. The van der Waals surface area contributed by atoms with Crippen LogP contribution in [0.2, 0.25) is 0 Å². The van der Waals surface area contributed by atoms with Gasteiger partial charge in [-0.2, -0.15) is 0 Å². The number of ketones is 1. The zero-order valence-electron chi connectivity index (χ0n) is 18.0. The molecule has 6 rings (SSSR count). The highest BCUT2D eigenvalue weighted by atomic mass is 16.6. The molecule has 5 unspecified atom stereocenters. The van der Waals surface area contributed by atoms with Gasteiger partial charge in [0.05, 0.1) is 19.1 Å². The first-order valence-electron chi connectivity index (χ1n) is 11.4. The highest BCUT2D eigenvalue weighted by molar-refractivity contribution is 5.84. The third-order valence-electron chi connectivity index (χ3n) is 10.2. The zero-order valence-corrected chi connectivity index (χ0v) is 18.0. The van der Waals surface area contributed by atoms with Gasteiger partial charge in [-0.05, 0) is 38.0 Å². The van der Waals surface area contributed by atoms with Crippen LogP contribution in [0.15, 0.2) is 11.6 Å². The fourth-order valence-electron chi connectivity index (χ4n) is 8.59. The number of hydrogen-bond donors (Lipinski definition) is 0. The summed E-state index contributed by atoms with van der Waals surface area (Å²) in [4.78, 5) is 37.4. The van der Waals surface area contributed by atoms with Crippen LogP contribution in [0.3, 0.4) is 0 Å². The van der Waals surface area contributed by atoms with E-state index in [9.17, 15) is 14.4 Å². The summed E-state index contributed by atoms with van der Waals surface area (Å²) in [6, 6.07) is 0. The van der Waals surface area contributed by atoms with E-state index in [4.69, 9.17) is 14.2 Å². The second-order valence-electron chi connectivity index (χ2n) is 10.9. The highest BCUT2D eigenvalue weighted by Crippen LogP contribution is 2.77. The van der Waals surface area contributed by atoms with E-state index in [0.29, 0.717) is 19.3 Å². The Labute approximate surface area is 176 Å². The maximum atomic E-state index is 13.0. The Bertz CT molecular complexity index is 907. The number of carbonyl (C=O) groups is 3. The zero-order chi connectivity index (χ0) is 21.1. The van der Waals surface area contributed by atoms with Crippen molar-refractivity contribution in [3.63, 3.8) is 0 Å². The molecule has 3 saturated carbocycles. The van der Waals surface area contributed by atoms with Crippen LogP contribution in [0.1, 0.15) is 65.2 Å². The van der Waals surface area contributed by atoms with Crippen LogP contribution >= 0.6 is 0 Å². The average Bonchev–Trinajstić information content (AvgIpc) is 3.20. The summed E-state index contributed by atoms with van der Waals surface area (Å²) in [6.07, 6.45) is 7.74. The Hall–Kier alpha value is -1.69. The van der Waals surface area contributed by atoms with E-state index >= 15 is 0 Å². The number of hydrogen-bond acceptors (Lipinski definition) is 6. The van der Waals surface area contributed by atoms with Gasteiger partial charge in [-0.15, -0.1) is 0 Å². The molecule has 0 aromatic carbocycles. The molecule has 0 radical (unpaired) electrons. The largest absolute Gasteiger partial charge is 0.469 e. The van der Waals surface area contributed by atoms with Gasteiger partial charge >= 0.3 is 11.9 Å². The minimum atomic E-state index is -0.430. The molecule has 0 amide bonds. The molecule has 2 heterocycles. The third-order valence-corrected chi connectivity index (χ3v) is 10.2. The number of methoxy groups -OCH3 is 1. The molecule has 2 saturated heterocycles. The van der Waals surface area contributed by atoms with E-state index in [0.717, 1.165) is 37.7 Å². The van der Waals surface area contributed by atoms with Gasteiger partial charge in [-0.1, -0.05) is 25.5 Å². The maximum Gasteiger partial charge on any atom is 0.312 e. The van der Waals surface area contributed by atoms with Crippen molar-refractivity contribution in [3.05, 3.63) is 11.6 Å². The summed E-state index contributed by atoms with van der Waals surface area (Å²) >= 11 is 0. The quantitative estimate of drug-likeness (QED) is 0.372. The third kappa shape index (κ3) is 1.94. The van der Waals surface area contributed by atoms with Crippen LogP contribution in [-0.4, -0.2) is 42.1 Å². The summed E-state index contributed by atoms with van der Waals surface area (Å²) in [5.74, 6) is -0.292. The molecule has 0 aromatic rings. The van der Waals surface area contributed by atoms with Crippen LogP contribution in [0.5, 0.6) is 0 Å². The number of rotatable bonds is 1. The predicted molar refractivity (Wildman–Crippen MR) is 105 cm³/mol. The molecule has 30 heavy (non-hydrogen) atoms. The first kappa shape index (κ1) is 19.0. The molecule has 4 aliphatic carbocycles. The van der Waals surface area contributed by atoms with Gasteiger partial charge in [0.25, 0.3) is 0 Å². The summed E-state index contributed by atoms with van der Waals surface area (Å²) in [5.41, 5.74) is -0.191. The lowest BCUT2D eigenvalue weighted by Gasteiger charge is -2.57. The second-order valence-corrected chi connectivity index (χ2v) is 10.9. The molecule has 162 valence electrons. The van der Waals surface area contributed by atoms with E-state index in [1.165, 1.54) is 7.11 Å². The van der Waals surface area contributed by atoms with Crippen molar-refractivity contribution >= 4 is 17.7 Å². The van der Waals surface area contributed by atoms with Crippen molar-refractivity contribution in [1.29, 1.82) is 0 Å².